The van der Waals surface area contributed by atoms with Crippen molar-refractivity contribution in [2.75, 3.05) is 11.4 Å². The van der Waals surface area contributed by atoms with E-state index in [1.54, 1.807) is 30.5 Å². The maximum Gasteiger partial charge on any atom is 0.332 e. The molecule has 28 heavy (non-hydrogen) atoms. The third-order valence-corrected chi connectivity index (χ3v) is 5.49. The smallest absolute Gasteiger partial charge is 0.332 e. The highest BCUT2D eigenvalue weighted by Crippen LogP contribution is 2.36. The van der Waals surface area contributed by atoms with Crippen molar-refractivity contribution in [3.63, 3.8) is 0 Å². The van der Waals surface area contributed by atoms with Gasteiger partial charge in [0.2, 0.25) is 5.91 Å². The number of amides is 3. The van der Waals surface area contributed by atoms with Crippen LogP contribution in [0.1, 0.15) is 16.8 Å². The summed E-state index contributed by atoms with van der Waals surface area (Å²) in [6.45, 7) is 2.21. The molecule has 0 spiro atoms. The number of likely N-dealkylation sites (tertiary alicyclic amines) is 1. The minimum absolute atomic E-state index is 0.259. The van der Waals surface area contributed by atoms with E-state index in [2.05, 4.69) is 4.98 Å². The summed E-state index contributed by atoms with van der Waals surface area (Å²) in [6, 6.07) is 6.98. The van der Waals surface area contributed by atoms with Crippen LogP contribution in [0.15, 0.2) is 36.5 Å². The lowest BCUT2D eigenvalue weighted by atomic mass is 9.82. The van der Waals surface area contributed by atoms with Crippen LogP contribution in [-0.2, 0) is 22.4 Å². The van der Waals surface area contributed by atoms with Crippen LogP contribution in [-0.4, -0.2) is 45.5 Å². The second-order valence-electron chi connectivity index (χ2n) is 7.06. The number of nitrogens with zero attached hydrogens (tertiary/aromatic N) is 3. The number of aliphatic carboxylic acids is 1. The lowest BCUT2D eigenvalue weighted by Gasteiger charge is -2.44. The number of pyridine rings is 1. The van der Waals surface area contributed by atoms with Crippen LogP contribution in [0.5, 0.6) is 0 Å². The fraction of sp³-hybridized carbons (Fsp3) is 0.300. The van der Waals surface area contributed by atoms with Gasteiger partial charge in [-0.25, -0.2) is 14.5 Å². The quantitative estimate of drug-likeness (QED) is 0.801. The Bertz CT molecular complexity index is 993. The molecule has 0 unspecified atom stereocenters. The number of carbonyl (C=O) groups is 3. The molecule has 8 heteroatoms. The molecule has 7 nitrogen and oxygen atoms in total. The van der Waals surface area contributed by atoms with E-state index in [9.17, 15) is 19.5 Å². The zero-order valence-corrected chi connectivity index (χ0v) is 15.9. The molecular formula is C20H18ClN3O4. The summed E-state index contributed by atoms with van der Waals surface area (Å²) in [5.41, 5.74) is 3.19. The molecule has 2 aliphatic rings. The van der Waals surface area contributed by atoms with Crippen molar-refractivity contribution < 1.29 is 19.5 Å². The molecule has 4 rings (SSSR count). The first-order valence-corrected chi connectivity index (χ1v) is 9.32. The van der Waals surface area contributed by atoms with Gasteiger partial charge >= 0.3 is 12.0 Å². The molecule has 3 heterocycles. The third kappa shape index (κ3) is 3.01. The number of urea groups is 1. The SMILES string of the molecule is Cc1cc(C[C@H]2C(=O)N(C(=O)N3CCc4cc(Cl)ccc43)[C@@H]2C(=O)O)ccn1. The van der Waals surface area contributed by atoms with Gasteiger partial charge in [-0.15, -0.1) is 0 Å². The lowest BCUT2D eigenvalue weighted by Crippen LogP contribution is -2.69. The lowest BCUT2D eigenvalue weighted by molar-refractivity contribution is -0.165. The van der Waals surface area contributed by atoms with E-state index in [1.165, 1.54) is 4.90 Å². The molecule has 2 atom stereocenters. The molecule has 1 N–H and O–H groups in total. The number of aromatic nitrogens is 1. The summed E-state index contributed by atoms with van der Waals surface area (Å²) >= 11 is 6.00. The van der Waals surface area contributed by atoms with Crippen LogP contribution < -0.4 is 4.90 Å². The predicted molar refractivity (Wildman–Crippen MR) is 102 cm³/mol. The number of aryl methyl sites for hydroxylation is 1. The Morgan fingerprint density at radius 3 is 2.79 bits per heavy atom. The number of fused-ring (bicyclic) bond motifs is 1. The van der Waals surface area contributed by atoms with Gasteiger partial charge < -0.3 is 5.11 Å². The van der Waals surface area contributed by atoms with E-state index >= 15 is 0 Å². The van der Waals surface area contributed by atoms with Gasteiger partial charge in [-0.2, -0.15) is 0 Å². The van der Waals surface area contributed by atoms with Crippen molar-refractivity contribution in [3.8, 4) is 0 Å². The van der Waals surface area contributed by atoms with E-state index in [1.807, 2.05) is 13.0 Å². The minimum atomic E-state index is -1.18. The zero-order chi connectivity index (χ0) is 20.0. The summed E-state index contributed by atoms with van der Waals surface area (Å²) < 4.78 is 0. The molecule has 0 bridgehead atoms. The maximum absolute atomic E-state index is 13.0. The van der Waals surface area contributed by atoms with Crippen LogP contribution in [0.25, 0.3) is 0 Å². The highest BCUT2D eigenvalue weighted by molar-refractivity contribution is 6.30. The van der Waals surface area contributed by atoms with Crippen molar-refractivity contribution in [1.82, 2.24) is 9.88 Å². The third-order valence-electron chi connectivity index (χ3n) is 5.26. The summed E-state index contributed by atoms with van der Waals surface area (Å²) in [7, 11) is 0. The average Bonchev–Trinajstić information content (AvgIpc) is 3.06. The van der Waals surface area contributed by atoms with Gasteiger partial charge in [-0.05, 0) is 61.2 Å². The molecule has 1 aromatic carbocycles. The normalized spacial score (nSPS) is 20.7. The standard InChI is InChI=1S/C20H18ClN3O4/c1-11-8-12(4-6-22-11)9-15-17(19(26)27)24(18(15)25)20(28)23-7-5-13-10-14(21)2-3-16(13)23/h2-4,6,8,10,15,17H,5,7,9H2,1H3,(H,26,27)/t15-,17+/m1/s1. The number of imide groups is 1. The summed E-state index contributed by atoms with van der Waals surface area (Å²) in [5.74, 6) is -2.41. The number of halogens is 1. The van der Waals surface area contributed by atoms with Crippen LogP contribution >= 0.6 is 11.6 Å². The molecule has 3 amide bonds. The monoisotopic (exact) mass is 399 g/mol. The van der Waals surface area contributed by atoms with Crippen molar-refractivity contribution >= 4 is 35.2 Å². The van der Waals surface area contributed by atoms with E-state index in [-0.39, 0.29) is 6.42 Å². The molecule has 1 saturated heterocycles. The second-order valence-corrected chi connectivity index (χ2v) is 7.50. The molecule has 2 aliphatic heterocycles. The van der Waals surface area contributed by atoms with Gasteiger partial charge in [0.25, 0.3) is 0 Å². The number of β-lactam (4-membered cyclic amide) rings is 1. The number of hydrogen-bond acceptors (Lipinski definition) is 4. The summed E-state index contributed by atoms with van der Waals surface area (Å²) in [5, 5.41) is 10.2. The molecule has 1 aromatic heterocycles. The van der Waals surface area contributed by atoms with Crippen molar-refractivity contribution in [3.05, 3.63) is 58.4 Å². The van der Waals surface area contributed by atoms with Crippen molar-refractivity contribution in [2.24, 2.45) is 5.92 Å². The molecule has 2 aromatic rings. The summed E-state index contributed by atoms with van der Waals surface area (Å²) in [4.78, 5) is 43.9. The van der Waals surface area contributed by atoms with Gasteiger partial charge in [0, 0.05) is 29.1 Å². The van der Waals surface area contributed by atoms with Gasteiger partial charge in [0.1, 0.15) is 0 Å². The fourth-order valence-electron chi connectivity index (χ4n) is 3.93. The van der Waals surface area contributed by atoms with Crippen molar-refractivity contribution in [2.45, 2.75) is 25.8 Å². The number of carbonyl (C=O) groups excluding carboxylic acids is 2. The van der Waals surface area contributed by atoms with Gasteiger partial charge in [0.05, 0.1) is 5.92 Å². The van der Waals surface area contributed by atoms with Crippen LogP contribution in [0, 0.1) is 12.8 Å². The topological polar surface area (TPSA) is 90.8 Å². The second kappa shape index (κ2) is 6.91. The Morgan fingerprint density at radius 1 is 1.29 bits per heavy atom. The number of benzene rings is 1. The first-order chi connectivity index (χ1) is 13.4. The Hall–Kier alpha value is -2.93. The molecule has 0 aliphatic carbocycles. The first kappa shape index (κ1) is 18.4. The predicted octanol–water partition coefficient (Wildman–Crippen LogP) is 2.68. The number of carboxylic acid groups (broad SMARTS) is 1. The molecule has 0 saturated carbocycles. The Kier molecular flexibility index (Phi) is 4.55. The fourth-order valence-corrected chi connectivity index (χ4v) is 4.12. The molecule has 0 radical (unpaired) electrons. The highest BCUT2D eigenvalue weighted by Gasteiger charge is 2.56. The van der Waals surface area contributed by atoms with E-state index in [0.29, 0.717) is 23.7 Å². The average molecular weight is 400 g/mol. The van der Waals surface area contributed by atoms with Crippen LogP contribution in [0.3, 0.4) is 0 Å². The van der Waals surface area contributed by atoms with E-state index < -0.39 is 29.9 Å². The van der Waals surface area contributed by atoms with E-state index in [0.717, 1.165) is 21.7 Å². The van der Waals surface area contributed by atoms with Gasteiger partial charge in [-0.1, -0.05) is 11.6 Å². The highest BCUT2D eigenvalue weighted by atomic mass is 35.5. The number of anilines is 1. The summed E-state index contributed by atoms with van der Waals surface area (Å²) in [6.07, 6.45) is 2.50. The number of hydrogen-bond donors (Lipinski definition) is 1. The number of rotatable bonds is 3. The Labute approximate surface area is 166 Å². The Morgan fingerprint density at radius 2 is 2.07 bits per heavy atom. The largest absolute Gasteiger partial charge is 0.480 e. The number of carboxylic acids is 1. The maximum atomic E-state index is 13.0. The molecular weight excluding hydrogens is 382 g/mol. The minimum Gasteiger partial charge on any atom is -0.480 e. The van der Waals surface area contributed by atoms with Crippen molar-refractivity contribution in [1.29, 1.82) is 0 Å². The molecule has 144 valence electrons. The Balaban J connectivity index is 1.56. The van der Waals surface area contributed by atoms with Gasteiger partial charge in [0.15, 0.2) is 6.04 Å². The molecule has 1 fully saturated rings. The van der Waals surface area contributed by atoms with Gasteiger partial charge in [-0.3, -0.25) is 14.7 Å². The van der Waals surface area contributed by atoms with E-state index in [4.69, 9.17) is 11.6 Å². The van der Waals surface area contributed by atoms with Crippen LogP contribution in [0.2, 0.25) is 5.02 Å². The zero-order valence-electron chi connectivity index (χ0n) is 15.1. The first-order valence-electron chi connectivity index (χ1n) is 8.94. The van der Waals surface area contributed by atoms with Crippen LogP contribution in [0.4, 0.5) is 10.5 Å².